The van der Waals surface area contributed by atoms with E-state index in [-0.39, 0.29) is 18.5 Å². The van der Waals surface area contributed by atoms with Crippen LogP contribution >= 0.6 is 0 Å². The molecule has 1 amide bonds. The zero-order valence-corrected chi connectivity index (χ0v) is 11.2. The zero-order valence-electron chi connectivity index (χ0n) is 11.2. The van der Waals surface area contributed by atoms with E-state index >= 15 is 0 Å². The first kappa shape index (κ1) is 12.7. The van der Waals surface area contributed by atoms with Gasteiger partial charge >= 0.3 is 5.97 Å². The van der Waals surface area contributed by atoms with E-state index in [4.69, 9.17) is 4.74 Å². The topological polar surface area (TPSA) is 62.2 Å². The Hall–Kier alpha value is -2.37. The van der Waals surface area contributed by atoms with Gasteiger partial charge in [0.05, 0.1) is 6.54 Å². The molecule has 0 unspecified atom stereocenters. The third kappa shape index (κ3) is 2.24. The summed E-state index contributed by atoms with van der Waals surface area (Å²) in [4.78, 5) is 30.4. The van der Waals surface area contributed by atoms with Gasteiger partial charge in [-0.3, -0.25) is 9.59 Å². The Morgan fingerprint density at radius 1 is 1.35 bits per heavy atom. The van der Waals surface area contributed by atoms with Gasteiger partial charge in [-0.15, -0.1) is 0 Å². The summed E-state index contributed by atoms with van der Waals surface area (Å²) in [6.45, 7) is 3.13. The van der Waals surface area contributed by atoms with Crippen molar-refractivity contribution >= 4 is 23.5 Å². The molecule has 1 aromatic rings. The number of nitrogens with zero attached hydrogens (tertiary/aromatic N) is 3. The number of esters is 1. The molecule has 6 heteroatoms. The molecule has 2 aliphatic heterocycles. The van der Waals surface area contributed by atoms with Gasteiger partial charge in [0.1, 0.15) is 13.2 Å². The normalized spacial score (nSPS) is 16.6. The summed E-state index contributed by atoms with van der Waals surface area (Å²) in [5.74, 6) is 0.211. The highest BCUT2D eigenvalue weighted by molar-refractivity contribution is 6.09. The summed E-state index contributed by atoms with van der Waals surface area (Å²) in [5.41, 5.74) is 2.16. The molecule has 0 fully saturated rings. The van der Waals surface area contributed by atoms with Crippen LogP contribution in [-0.4, -0.2) is 42.4 Å². The molecule has 0 saturated heterocycles. The van der Waals surface area contributed by atoms with Crippen LogP contribution in [0.3, 0.4) is 0 Å². The molecular weight excluding hydrogens is 258 g/mol. The van der Waals surface area contributed by atoms with E-state index in [1.807, 2.05) is 34.1 Å². The third-order valence-corrected chi connectivity index (χ3v) is 3.34. The molecule has 104 valence electrons. The van der Waals surface area contributed by atoms with E-state index in [1.54, 1.807) is 0 Å². The van der Waals surface area contributed by atoms with Gasteiger partial charge in [0.2, 0.25) is 5.96 Å². The van der Waals surface area contributed by atoms with Crippen molar-refractivity contribution in [1.82, 2.24) is 4.90 Å². The lowest BCUT2D eigenvalue weighted by Gasteiger charge is -2.36. The number of amides is 1. The van der Waals surface area contributed by atoms with Crippen LogP contribution in [0.15, 0.2) is 29.3 Å². The number of ether oxygens (including phenoxy) is 1. The summed E-state index contributed by atoms with van der Waals surface area (Å²) in [5, 5.41) is 0. The predicted octanol–water partition coefficient (Wildman–Crippen LogP) is 0.768. The average Bonchev–Trinajstić information content (AvgIpc) is 2.77. The highest BCUT2D eigenvalue weighted by Crippen LogP contribution is 2.29. The van der Waals surface area contributed by atoms with E-state index in [0.717, 1.165) is 11.3 Å². The van der Waals surface area contributed by atoms with Crippen LogP contribution in [0.4, 0.5) is 5.69 Å². The molecule has 2 aliphatic rings. The van der Waals surface area contributed by atoms with Gasteiger partial charge < -0.3 is 14.5 Å². The number of hydrogen-bond donors (Lipinski definition) is 0. The lowest BCUT2D eigenvalue weighted by atomic mass is 10.1. The van der Waals surface area contributed by atoms with Crippen LogP contribution in [0.25, 0.3) is 0 Å². The zero-order chi connectivity index (χ0) is 14.1. The Bertz CT molecular complexity index is 597. The fourth-order valence-corrected chi connectivity index (χ4v) is 2.53. The Kier molecular flexibility index (Phi) is 3.14. The molecule has 0 aromatic heterocycles. The number of aliphatic imine (C=N–C) groups is 1. The van der Waals surface area contributed by atoms with E-state index in [1.165, 1.54) is 6.92 Å². The number of benzene rings is 1. The molecule has 0 N–H and O–H groups in total. The highest BCUT2D eigenvalue weighted by Gasteiger charge is 2.33. The number of anilines is 1. The minimum absolute atomic E-state index is 0.134. The molecule has 1 aromatic carbocycles. The first-order valence-corrected chi connectivity index (χ1v) is 6.50. The molecule has 0 spiro atoms. The summed E-state index contributed by atoms with van der Waals surface area (Å²) >= 11 is 0. The number of carbonyl (C=O) groups is 2. The van der Waals surface area contributed by atoms with Crippen LogP contribution in [0.5, 0.6) is 0 Å². The van der Waals surface area contributed by atoms with Crippen molar-refractivity contribution < 1.29 is 14.3 Å². The molecule has 6 nitrogen and oxygen atoms in total. The van der Waals surface area contributed by atoms with E-state index in [0.29, 0.717) is 25.6 Å². The molecule has 2 heterocycles. The SMILES string of the molecule is CC(=O)OCCN1C2=NC(=O)CN2Cc2ccccc21. The maximum atomic E-state index is 11.5. The second kappa shape index (κ2) is 4.96. The summed E-state index contributed by atoms with van der Waals surface area (Å²) in [6, 6.07) is 7.95. The molecule has 0 saturated carbocycles. The number of rotatable bonds is 3. The van der Waals surface area contributed by atoms with Gasteiger partial charge in [0, 0.05) is 19.2 Å². The first-order chi connectivity index (χ1) is 9.65. The second-order valence-electron chi connectivity index (χ2n) is 4.78. The van der Waals surface area contributed by atoms with Crippen molar-refractivity contribution in [3.63, 3.8) is 0 Å². The third-order valence-electron chi connectivity index (χ3n) is 3.34. The smallest absolute Gasteiger partial charge is 0.302 e. The molecule has 0 atom stereocenters. The molecule has 0 radical (unpaired) electrons. The quantitative estimate of drug-likeness (QED) is 0.761. The number of carbonyl (C=O) groups excluding carboxylic acids is 2. The Morgan fingerprint density at radius 3 is 2.95 bits per heavy atom. The van der Waals surface area contributed by atoms with Crippen LogP contribution < -0.4 is 4.90 Å². The Balaban J connectivity index is 1.88. The highest BCUT2D eigenvalue weighted by atomic mass is 16.5. The van der Waals surface area contributed by atoms with Crippen molar-refractivity contribution in [2.45, 2.75) is 13.5 Å². The van der Waals surface area contributed by atoms with Crippen LogP contribution in [0.1, 0.15) is 12.5 Å². The lowest BCUT2D eigenvalue weighted by Crippen LogP contribution is -2.47. The van der Waals surface area contributed by atoms with Crippen molar-refractivity contribution in [2.24, 2.45) is 4.99 Å². The van der Waals surface area contributed by atoms with Crippen molar-refractivity contribution in [3.05, 3.63) is 29.8 Å². The number of hydrogen-bond acceptors (Lipinski definition) is 5. The Labute approximate surface area is 116 Å². The van der Waals surface area contributed by atoms with E-state index < -0.39 is 0 Å². The van der Waals surface area contributed by atoms with Gasteiger partial charge in [0.25, 0.3) is 5.91 Å². The van der Waals surface area contributed by atoms with Gasteiger partial charge in [-0.2, -0.15) is 4.99 Å². The van der Waals surface area contributed by atoms with Crippen molar-refractivity contribution in [1.29, 1.82) is 0 Å². The van der Waals surface area contributed by atoms with Crippen molar-refractivity contribution in [2.75, 3.05) is 24.6 Å². The molecule has 20 heavy (non-hydrogen) atoms. The second-order valence-corrected chi connectivity index (χ2v) is 4.78. The van der Waals surface area contributed by atoms with Gasteiger partial charge in [-0.1, -0.05) is 18.2 Å². The van der Waals surface area contributed by atoms with Gasteiger partial charge in [-0.05, 0) is 11.6 Å². The summed E-state index contributed by atoms with van der Waals surface area (Å²) in [7, 11) is 0. The Morgan fingerprint density at radius 2 is 2.15 bits per heavy atom. The minimum Gasteiger partial charge on any atom is -0.464 e. The van der Waals surface area contributed by atoms with Gasteiger partial charge in [0.15, 0.2) is 0 Å². The van der Waals surface area contributed by atoms with E-state index in [9.17, 15) is 9.59 Å². The molecule has 0 aliphatic carbocycles. The first-order valence-electron chi connectivity index (χ1n) is 6.50. The lowest BCUT2D eigenvalue weighted by molar-refractivity contribution is -0.140. The fraction of sp³-hybridized carbons (Fsp3) is 0.357. The summed E-state index contributed by atoms with van der Waals surface area (Å²) in [6.07, 6.45) is 0. The maximum absolute atomic E-state index is 11.5. The number of fused-ring (bicyclic) bond motifs is 2. The monoisotopic (exact) mass is 273 g/mol. The molecule has 3 rings (SSSR count). The average molecular weight is 273 g/mol. The van der Waals surface area contributed by atoms with Crippen LogP contribution in [0.2, 0.25) is 0 Å². The molecule has 0 bridgehead atoms. The standard InChI is InChI=1S/C14H15N3O3/c1-10(18)20-7-6-17-12-5-3-2-4-11(12)8-16-9-13(19)15-14(16)17/h2-5H,6-9H2,1H3. The van der Waals surface area contributed by atoms with E-state index in [2.05, 4.69) is 4.99 Å². The molecular formula is C14H15N3O3. The predicted molar refractivity (Wildman–Crippen MR) is 73.3 cm³/mol. The van der Waals surface area contributed by atoms with Crippen molar-refractivity contribution in [3.8, 4) is 0 Å². The number of guanidine groups is 1. The van der Waals surface area contributed by atoms with Crippen LogP contribution in [-0.2, 0) is 20.9 Å². The maximum Gasteiger partial charge on any atom is 0.302 e. The van der Waals surface area contributed by atoms with Crippen LogP contribution in [0, 0.1) is 0 Å². The minimum atomic E-state index is -0.309. The number of para-hydroxylation sites is 1. The van der Waals surface area contributed by atoms with Gasteiger partial charge in [-0.25, -0.2) is 0 Å². The summed E-state index contributed by atoms with van der Waals surface area (Å²) < 4.78 is 5.00. The largest absolute Gasteiger partial charge is 0.464 e. The fourth-order valence-electron chi connectivity index (χ4n) is 2.53.